The van der Waals surface area contributed by atoms with Gasteiger partial charge < -0.3 is 10.1 Å². The number of nitrogens with zero attached hydrogens (tertiary/aromatic N) is 2. The number of hydrogen-bond acceptors (Lipinski definition) is 5. The van der Waals surface area contributed by atoms with Gasteiger partial charge in [0.25, 0.3) is 11.6 Å². The third-order valence-electron chi connectivity index (χ3n) is 3.35. The molecule has 2 rings (SSSR count). The number of allylic oxidation sites excluding steroid dienone is 1. The van der Waals surface area contributed by atoms with Crippen LogP contribution in [0.1, 0.15) is 11.1 Å². The average molecular weight is 372 g/mol. The fourth-order valence-electron chi connectivity index (χ4n) is 2.18. The standard InChI is InChI=1S/C18H14ClN3O4/c1-2-3-12-8-15(22(24)25)6-7-17(12)26-11-18(23)21-16-9-14(19)5-4-13(16)10-20/h2,4-9H,1,3,11H2,(H,21,23). The molecule has 2 aromatic carbocycles. The molecular formula is C18H14ClN3O4. The third-order valence-corrected chi connectivity index (χ3v) is 3.59. The zero-order chi connectivity index (χ0) is 19.1. The van der Waals surface area contributed by atoms with Gasteiger partial charge in [-0.05, 0) is 30.7 Å². The molecular weight excluding hydrogens is 358 g/mol. The number of rotatable bonds is 7. The van der Waals surface area contributed by atoms with Crippen LogP contribution in [0, 0.1) is 21.4 Å². The molecule has 8 heteroatoms. The fraction of sp³-hybridized carbons (Fsp3) is 0.111. The number of nitro groups is 1. The summed E-state index contributed by atoms with van der Waals surface area (Å²) in [7, 11) is 0. The van der Waals surface area contributed by atoms with Crippen LogP contribution in [0.25, 0.3) is 0 Å². The number of nitrogens with one attached hydrogen (secondary N) is 1. The molecule has 0 fully saturated rings. The predicted molar refractivity (Wildman–Crippen MR) is 97.3 cm³/mol. The molecule has 0 heterocycles. The van der Waals surface area contributed by atoms with Crippen molar-refractivity contribution < 1.29 is 14.5 Å². The Bertz CT molecular complexity index is 906. The second kappa shape index (κ2) is 8.65. The first-order chi connectivity index (χ1) is 12.4. The van der Waals surface area contributed by atoms with E-state index in [1.165, 1.54) is 30.3 Å². The van der Waals surface area contributed by atoms with E-state index >= 15 is 0 Å². The van der Waals surface area contributed by atoms with Crippen molar-refractivity contribution in [2.24, 2.45) is 0 Å². The zero-order valence-corrected chi connectivity index (χ0v) is 14.3. The Balaban J connectivity index is 2.10. The van der Waals surface area contributed by atoms with Gasteiger partial charge in [-0.15, -0.1) is 6.58 Å². The number of ether oxygens (including phenoxy) is 1. The Morgan fingerprint density at radius 1 is 1.38 bits per heavy atom. The van der Waals surface area contributed by atoms with Gasteiger partial charge in [0.2, 0.25) is 0 Å². The topological polar surface area (TPSA) is 105 Å². The molecule has 7 nitrogen and oxygen atoms in total. The predicted octanol–water partition coefficient (Wildman–Crippen LogP) is 3.87. The van der Waals surface area contributed by atoms with E-state index in [0.717, 1.165) is 0 Å². The van der Waals surface area contributed by atoms with E-state index in [2.05, 4.69) is 11.9 Å². The summed E-state index contributed by atoms with van der Waals surface area (Å²) in [6.07, 6.45) is 1.93. The highest BCUT2D eigenvalue weighted by atomic mass is 35.5. The molecule has 0 aromatic heterocycles. The maximum atomic E-state index is 12.1. The van der Waals surface area contributed by atoms with Crippen LogP contribution in [0.15, 0.2) is 49.1 Å². The average Bonchev–Trinajstić information content (AvgIpc) is 2.61. The van der Waals surface area contributed by atoms with Crippen LogP contribution in [0.5, 0.6) is 5.75 Å². The van der Waals surface area contributed by atoms with Crippen molar-refractivity contribution in [3.63, 3.8) is 0 Å². The Labute approximate surface area is 154 Å². The number of benzene rings is 2. The van der Waals surface area contributed by atoms with E-state index in [1.54, 1.807) is 12.1 Å². The molecule has 0 aliphatic rings. The van der Waals surface area contributed by atoms with E-state index < -0.39 is 10.8 Å². The molecule has 0 saturated heterocycles. The van der Waals surface area contributed by atoms with Gasteiger partial charge >= 0.3 is 0 Å². The minimum atomic E-state index is -0.508. The zero-order valence-electron chi connectivity index (χ0n) is 13.6. The normalized spacial score (nSPS) is 9.85. The van der Waals surface area contributed by atoms with Crippen LogP contribution in [-0.2, 0) is 11.2 Å². The van der Waals surface area contributed by atoms with Crippen molar-refractivity contribution in [1.82, 2.24) is 0 Å². The number of nitriles is 1. The van der Waals surface area contributed by atoms with Gasteiger partial charge in [-0.3, -0.25) is 14.9 Å². The van der Waals surface area contributed by atoms with Gasteiger partial charge in [0.05, 0.1) is 16.2 Å². The Hall–Kier alpha value is -3.37. The molecule has 2 aromatic rings. The summed E-state index contributed by atoms with van der Waals surface area (Å²) in [5.41, 5.74) is 1.02. The smallest absolute Gasteiger partial charge is 0.269 e. The number of nitro benzene ring substituents is 1. The minimum absolute atomic E-state index is 0.0729. The third kappa shape index (κ3) is 4.82. The lowest BCUT2D eigenvalue weighted by Crippen LogP contribution is -2.21. The summed E-state index contributed by atoms with van der Waals surface area (Å²) in [4.78, 5) is 22.4. The number of halogens is 1. The second-order valence-corrected chi connectivity index (χ2v) is 5.62. The highest BCUT2D eigenvalue weighted by molar-refractivity contribution is 6.31. The molecule has 0 bridgehead atoms. The van der Waals surface area contributed by atoms with Gasteiger partial charge in [0.1, 0.15) is 11.8 Å². The number of carbonyl (C=O) groups excluding carboxylic acids is 1. The highest BCUT2D eigenvalue weighted by Gasteiger charge is 2.13. The molecule has 0 radical (unpaired) electrons. The van der Waals surface area contributed by atoms with Crippen molar-refractivity contribution in [1.29, 1.82) is 5.26 Å². The van der Waals surface area contributed by atoms with Crippen LogP contribution >= 0.6 is 11.6 Å². The van der Waals surface area contributed by atoms with Crippen molar-refractivity contribution in [3.8, 4) is 11.8 Å². The van der Waals surface area contributed by atoms with E-state index in [4.69, 9.17) is 21.6 Å². The van der Waals surface area contributed by atoms with Gasteiger partial charge in [0, 0.05) is 22.7 Å². The lowest BCUT2D eigenvalue weighted by Gasteiger charge is -2.11. The van der Waals surface area contributed by atoms with Crippen LogP contribution in [-0.4, -0.2) is 17.4 Å². The van der Waals surface area contributed by atoms with Gasteiger partial charge in [-0.1, -0.05) is 17.7 Å². The first-order valence-corrected chi connectivity index (χ1v) is 7.83. The molecule has 1 amide bonds. The van der Waals surface area contributed by atoms with Gasteiger partial charge in [0.15, 0.2) is 6.61 Å². The van der Waals surface area contributed by atoms with Gasteiger partial charge in [-0.2, -0.15) is 5.26 Å². The van der Waals surface area contributed by atoms with Crippen molar-refractivity contribution in [2.45, 2.75) is 6.42 Å². The fourth-order valence-corrected chi connectivity index (χ4v) is 2.35. The number of anilines is 1. The monoisotopic (exact) mass is 371 g/mol. The molecule has 26 heavy (non-hydrogen) atoms. The summed E-state index contributed by atoms with van der Waals surface area (Å²) < 4.78 is 5.46. The number of amides is 1. The summed E-state index contributed by atoms with van der Waals surface area (Å²) >= 11 is 5.87. The maximum absolute atomic E-state index is 12.1. The van der Waals surface area contributed by atoms with E-state index in [9.17, 15) is 14.9 Å². The summed E-state index contributed by atoms with van der Waals surface area (Å²) in [5.74, 6) is -0.149. The maximum Gasteiger partial charge on any atom is 0.269 e. The lowest BCUT2D eigenvalue weighted by molar-refractivity contribution is -0.384. The Morgan fingerprint density at radius 3 is 2.81 bits per heavy atom. The Kier molecular flexibility index (Phi) is 6.31. The lowest BCUT2D eigenvalue weighted by atomic mass is 10.1. The summed E-state index contributed by atoms with van der Waals surface area (Å²) in [5, 5.41) is 22.9. The molecule has 132 valence electrons. The summed E-state index contributed by atoms with van der Waals surface area (Å²) in [6.45, 7) is 3.27. The molecule has 0 unspecified atom stereocenters. The molecule has 0 aliphatic carbocycles. The largest absolute Gasteiger partial charge is 0.483 e. The van der Waals surface area contributed by atoms with E-state index in [1.807, 2.05) is 6.07 Å². The van der Waals surface area contributed by atoms with E-state index in [-0.39, 0.29) is 23.5 Å². The van der Waals surface area contributed by atoms with Crippen molar-refractivity contribution in [2.75, 3.05) is 11.9 Å². The first kappa shape index (κ1) is 19.0. The molecule has 0 aliphatic heterocycles. The molecule has 1 N–H and O–H groups in total. The second-order valence-electron chi connectivity index (χ2n) is 5.18. The van der Waals surface area contributed by atoms with Crippen molar-refractivity contribution >= 4 is 28.9 Å². The number of carbonyl (C=O) groups is 1. The van der Waals surface area contributed by atoms with Crippen LogP contribution < -0.4 is 10.1 Å². The molecule has 0 atom stereocenters. The number of hydrogen-bond donors (Lipinski definition) is 1. The van der Waals surface area contributed by atoms with E-state index in [0.29, 0.717) is 22.8 Å². The Morgan fingerprint density at radius 2 is 2.15 bits per heavy atom. The minimum Gasteiger partial charge on any atom is -0.483 e. The van der Waals surface area contributed by atoms with Crippen molar-refractivity contribution in [3.05, 3.63) is 75.3 Å². The molecule has 0 saturated carbocycles. The SMILES string of the molecule is C=CCc1cc([N+](=O)[O-])ccc1OCC(=O)Nc1cc(Cl)ccc1C#N. The molecule has 0 spiro atoms. The number of non-ortho nitro benzene ring substituents is 1. The summed E-state index contributed by atoms with van der Waals surface area (Å²) in [6, 6.07) is 10.6. The quantitative estimate of drug-likeness (QED) is 0.452. The van der Waals surface area contributed by atoms with Crippen LogP contribution in [0.4, 0.5) is 11.4 Å². The van der Waals surface area contributed by atoms with Crippen LogP contribution in [0.2, 0.25) is 5.02 Å². The van der Waals surface area contributed by atoms with Crippen LogP contribution in [0.3, 0.4) is 0 Å². The highest BCUT2D eigenvalue weighted by Crippen LogP contribution is 2.25. The van der Waals surface area contributed by atoms with Gasteiger partial charge in [-0.25, -0.2) is 0 Å². The first-order valence-electron chi connectivity index (χ1n) is 7.45.